The van der Waals surface area contributed by atoms with E-state index in [4.69, 9.17) is 21.1 Å². The molecule has 0 fully saturated rings. The zero-order valence-corrected chi connectivity index (χ0v) is 10.7. The molecule has 0 radical (unpaired) electrons. The molecule has 94 valence electrons. The summed E-state index contributed by atoms with van der Waals surface area (Å²) >= 11 is 5.79. The molecule has 1 amide bonds. The highest BCUT2D eigenvalue weighted by atomic mass is 35.5. The van der Waals surface area contributed by atoms with Crippen molar-refractivity contribution < 1.29 is 14.3 Å². The standard InChI is InChI=1S/C12H16ClNO3/c1-9(7-16-2)14-12(15)8-17-11-5-3-4-10(13)6-11/h3-6,9H,7-8H2,1-2H3,(H,14,15). The lowest BCUT2D eigenvalue weighted by Crippen LogP contribution is -2.38. The van der Waals surface area contributed by atoms with Crippen LogP contribution in [0.4, 0.5) is 0 Å². The first-order chi connectivity index (χ1) is 8.11. The summed E-state index contributed by atoms with van der Waals surface area (Å²) in [6, 6.07) is 6.89. The van der Waals surface area contributed by atoms with E-state index in [0.29, 0.717) is 17.4 Å². The van der Waals surface area contributed by atoms with Crippen molar-refractivity contribution in [2.45, 2.75) is 13.0 Å². The lowest BCUT2D eigenvalue weighted by molar-refractivity contribution is -0.124. The first-order valence-electron chi connectivity index (χ1n) is 5.28. The molecule has 1 atom stereocenters. The summed E-state index contributed by atoms with van der Waals surface area (Å²) in [5.41, 5.74) is 0. The minimum atomic E-state index is -0.186. The van der Waals surface area contributed by atoms with Crippen LogP contribution in [0.1, 0.15) is 6.92 Å². The molecule has 1 N–H and O–H groups in total. The molecule has 0 aliphatic heterocycles. The van der Waals surface area contributed by atoms with Gasteiger partial charge in [0.1, 0.15) is 5.75 Å². The van der Waals surface area contributed by atoms with Crippen LogP contribution < -0.4 is 10.1 Å². The summed E-state index contributed by atoms with van der Waals surface area (Å²) in [5.74, 6) is 0.390. The van der Waals surface area contributed by atoms with Crippen LogP contribution in [0.15, 0.2) is 24.3 Å². The normalized spacial score (nSPS) is 11.9. The Kier molecular flexibility index (Phi) is 5.80. The van der Waals surface area contributed by atoms with E-state index in [1.165, 1.54) is 0 Å². The number of rotatable bonds is 6. The van der Waals surface area contributed by atoms with Crippen LogP contribution in [0.25, 0.3) is 0 Å². The van der Waals surface area contributed by atoms with E-state index in [1.807, 2.05) is 6.92 Å². The molecule has 0 saturated carbocycles. The first-order valence-corrected chi connectivity index (χ1v) is 5.66. The summed E-state index contributed by atoms with van der Waals surface area (Å²) in [5, 5.41) is 3.32. The quantitative estimate of drug-likeness (QED) is 0.846. The van der Waals surface area contributed by atoms with E-state index in [9.17, 15) is 4.79 Å². The number of hydrogen-bond donors (Lipinski definition) is 1. The molecule has 0 aromatic heterocycles. The van der Waals surface area contributed by atoms with Gasteiger partial charge in [-0.3, -0.25) is 4.79 Å². The number of amides is 1. The van der Waals surface area contributed by atoms with E-state index in [-0.39, 0.29) is 18.6 Å². The Morgan fingerprint density at radius 3 is 2.94 bits per heavy atom. The molecule has 0 heterocycles. The average Bonchev–Trinajstić information content (AvgIpc) is 2.27. The third kappa shape index (κ3) is 5.56. The number of nitrogens with one attached hydrogen (secondary N) is 1. The van der Waals surface area contributed by atoms with Gasteiger partial charge in [-0.05, 0) is 25.1 Å². The smallest absolute Gasteiger partial charge is 0.258 e. The molecular weight excluding hydrogens is 242 g/mol. The number of hydrogen-bond acceptors (Lipinski definition) is 3. The number of halogens is 1. The van der Waals surface area contributed by atoms with Crippen molar-refractivity contribution in [3.8, 4) is 5.75 Å². The minimum Gasteiger partial charge on any atom is -0.484 e. The van der Waals surface area contributed by atoms with Crippen molar-refractivity contribution in [1.29, 1.82) is 0 Å². The Morgan fingerprint density at radius 2 is 2.29 bits per heavy atom. The van der Waals surface area contributed by atoms with Gasteiger partial charge in [-0.2, -0.15) is 0 Å². The van der Waals surface area contributed by atoms with Gasteiger partial charge in [0.2, 0.25) is 0 Å². The monoisotopic (exact) mass is 257 g/mol. The molecule has 4 nitrogen and oxygen atoms in total. The molecule has 17 heavy (non-hydrogen) atoms. The summed E-state index contributed by atoms with van der Waals surface area (Å²) in [7, 11) is 1.59. The molecule has 0 saturated heterocycles. The molecule has 1 unspecified atom stereocenters. The fraction of sp³-hybridized carbons (Fsp3) is 0.417. The van der Waals surface area contributed by atoms with Crippen molar-refractivity contribution in [2.75, 3.05) is 20.3 Å². The maximum atomic E-state index is 11.5. The molecule has 0 aliphatic carbocycles. The van der Waals surface area contributed by atoms with Crippen LogP contribution in [0.2, 0.25) is 5.02 Å². The number of methoxy groups -OCH3 is 1. The third-order valence-corrected chi connectivity index (χ3v) is 2.23. The van der Waals surface area contributed by atoms with E-state index >= 15 is 0 Å². The van der Waals surface area contributed by atoms with Gasteiger partial charge in [-0.25, -0.2) is 0 Å². The van der Waals surface area contributed by atoms with Crippen LogP contribution in [0.5, 0.6) is 5.75 Å². The predicted octanol–water partition coefficient (Wildman–Crippen LogP) is 1.87. The molecule has 0 aliphatic rings. The lowest BCUT2D eigenvalue weighted by atomic mass is 10.3. The van der Waals surface area contributed by atoms with Crippen molar-refractivity contribution in [1.82, 2.24) is 5.32 Å². The molecule has 1 aromatic rings. The number of carbonyl (C=O) groups excluding carboxylic acids is 1. The Labute approximate surface area is 106 Å². The van der Waals surface area contributed by atoms with Crippen molar-refractivity contribution >= 4 is 17.5 Å². The Bertz CT molecular complexity index is 371. The zero-order chi connectivity index (χ0) is 12.7. The molecule has 5 heteroatoms. The predicted molar refractivity (Wildman–Crippen MR) is 66.4 cm³/mol. The zero-order valence-electron chi connectivity index (χ0n) is 9.90. The van der Waals surface area contributed by atoms with Gasteiger partial charge in [0.25, 0.3) is 5.91 Å². The fourth-order valence-electron chi connectivity index (χ4n) is 1.31. The van der Waals surface area contributed by atoms with E-state index in [0.717, 1.165) is 0 Å². The van der Waals surface area contributed by atoms with Gasteiger partial charge in [0.15, 0.2) is 6.61 Å². The highest BCUT2D eigenvalue weighted by Crippen LogP contribution is 2.16. The highest BCUT2D eigenvalue weighted by molar-refractivity contribution is 6.30. The molecular formula is C12H16ClNO3. The van der Waals surface area contributed by atoms with Gasteiger partial charge < -0.3 is 14.8 Å². The second kappa shape index (κ2) is 7.14. The summed E-state index contributed by atoms with van der Waals surface area (Å²) in [6.07, 6.45) is 0. The highest BCUT2D eigenvalue weighted by Gasteiger charge is 2.07. The fourth-order valence-corrected chi connectivity index (χ4v) is 1.49. The Morgan fingerprint density at radius 1 is 1.53 bits per heavy atom. The van der Waals surface area contributed by atoms with E-state index in [1.54, 1.807) is 31.4 Å². The van der Waals surface area contributed by atoms with Gasteiger partial charge in [0, 0.05) is 18.2 Å². The first kappa shape index (κ1) is 13.8. The Hall–Kier alpha value is -1.26. The van der Waals surface area contributed by atoms with E-state index < -0.39 is 0 Å². The SMILES string of the molecule is COCC(C)NC(=O)COc1cccc(Cl)c1. The van der Waals surface area contributed by atoms with Crippen molar-refractivity contribution in [3.63, 3.8) is 0 Å². The third-order valence-electron chi connectivity index (χ3n) is 1.99. The maximum Gasteiger partial charge on any atom is 0.258 e. The minimum absolute atomic E-state index is 0.0320. The molecule has 1 rings (SSSR count). The summed E-state index contributed by atoms with van der Waals surface area (Å²) < 4.78 is 10.2. The van der Waals surface area contributed by atoms with Crippen LogP contribution in [-0.2, 0) is 9.53 Å². The van der Waals surface area contributed by atoms with Gasteiger partial charge >= 0.3 is 0 Å². The largest absolute Gasteiger partial charge is 0.484 e. The van der Waals surface area contributed by atoms with E-state index in [2.05, 4.69) is 5.32 Å². The maximum absolute atomic E-state index is 11.5. The number of carbonyl (C=O) groups is 1. The second-order valence-electron chi connectivity index (χ2n) is 3.67. The average molecular weight is 258 g/mol. The van der Waals surface area contributed by atoms with Gasteiger partial charge in [-0.15, -0.1) is 0 Å². The van der Waals surface area contributed by atoms with Crippen LogP contribution in [0.3, 0.4) is 0 Å². The van der Waals surface area contributed by atoms with Crippen LogP contribution >= 0.6 is 11.6 Å². The molecule has 1 aromatic carbocycles. The van der Waals surface area contributed by atoms with Gasteiger partial charge in [-0.1, -0.05) is 17.7 Å². The van der Waals surface area contributed by atoms with Crippen molar-refractivity contribution in [2.24, 2.45) is 0 Å². The summed E-state index contributed by atoms with van der Waals surface area (Å²) in [4.78, 5) is 11.5. The molecule has 0 spiro atoms. The number of benzene rings is 1. The lowest BCUT2D eigenvalue weighted by Gasteiger charge is -2.13. The topological polar surface area (TPSA) is 47.6 Å². The van der Waals surface area contributed by atoms with Crippen LogP contribution in [-0.4, -0.2) is 32.3 Å². The Balaban J connectivity index is 2.33. The number of ether oxygens (including phenoxy) is 2. The second-order valence-corrected chi connectivity index (χ2v) is 4.11. The van der Waals surface area contributed by atoms with Gasteiger partial charge in [0.05, 0.1) is 6.61 Å². The van der Waals surface area contributed by atoms with Crippen LogP contribution in [0, 0.1) is 0 Å². The van der Waals surface area contributed by atoms with Crippen molar-refractivity contribution in [3.05, 3.63) is 29.3 Å². The summed E-state index contributed by atoms with van der Waals surface area (Å²) in [6.45, 7) is 2.30. The molecule has 0 bridgehead atoms.